The number of hydrogen-bond donors (Lipinski definition) is 1. The third-order valence-corrected chi connectivity index (χ3v) is 5.23. The zero-order valence-corrected chi connectivity index (χ0v) is 12.5. The van der Waals surface area contributed by atoms with E-state index in [9.17, 15) is 0 Å². The Hall–Kier alpha value is -1.59. The summed E-state index contributed by atoms with van der Waals surface area (Å²) in [6.07, 6.45) is 3.93. The molecule has 1 spiro atoms. The predicted octanol–water partition coefficient (Wildman–Crippen LogP) is 3.30. The fraction of sp³-hybridized carbons (Fsp3) is 0.375. The van der Waals surface area contributed by atoms with Crippen molar-refractivity contribution in [2.75, 3.05) is 24.3 Å². The Balaban J connectivity index is 1.56. The number of fused-ring (bicyclic) bond motifs is 1. The van der Waals surface area contributed by atoms with Crippen LogP contribution in [0.4, 0.5) is 5.69 Å². The first-order valence-electron chi connectivity index (χ1n) is 7.25. The molecule has 2 aliphatic rings. The van der Waals surface area contributed by atoms with Crippen molar-refractivity contribution >= 4 is 33.5 Å². The number of rotatable bonds is 1. The molecule has 0 bridgehead atoms. The molecule has 2 aromatic rings. The van der Waals surface area contributed by atoms with E-state index in [0.717, 1.165) is 53.6 Å². The van der Waals surface area contributed by atoms with Crippen molar-refractivity contribution in [3.63, 3.8) is 0 Å². The summed E-state index contributed by atoms with van der Waals surface area (Å²) in [4.78, 5) is 9.40. The van der Waals surface area contributed by atoms with Gasteiger partial charge >= 0.3 is 0 Å². The van der Waals surface area contributed by atoms with Crippen LogP contribution in [0.3, 0.4) is 0 Å². The molecule has 1 saturated heterocycles. The number of benzene rings is 1. The van der Waals surface area contributed by atoms with Crippen LogP contribution in [0.25, 0.3) is 10.9 Å². The van der Waals surface area contributed by atoms with Crippen LogP contribution < -0.4 is 5.32 Å². The lowest BCUT2D eigenvalue weighted by Crippen LogP contribution is -2.34. The molecule has 1 fully saturated rings. The number of para-hydroxylation sites is 1. The lowest BCUT2D eigenvalue weighted by Gasteiger charge is -2.29. The van der Waals surface area contributed by atoms with Crippen LogP contribution in [0.5, 0.6) is 0 Å². The minimum atomic E-state index is 0.0928. The van der Waals surface area contributed by atoms with Gasteiger partial charge in [0, 0.05) is 24.4 Å². The predicted molar refractivity (Wildman–Crippen MR) is 88.0 cm³/mol. The van der Waals surface area contributed by atoms with Crippen LogP contribution in [0.1, 0.15) is 12.8 Å². The van der Waals surface area contributed by atoms with Crippen LogP contribution in [-0.2, 0) is 4.74 Å². The second kappa shape index (κ2) is 5.31. The molecule has 5 heteroatoms. The average Bonchev–Trinajstić information content (AvgIpc) is 2.90. The highest BCUT2D eigenvalue weighted by Crippen LogP contribution is 2.36. The zero-order chi connectivity index (χ0) is 14.1. The van der Waals surface area contributed by atoms with E-state index in [4.69, 9.17) is 9.73 Å². The van der Waals surface area contributed by atoms with Gasteiger partial charge in [-0.3, -0.25) is 9.98 Å². The van der Waals surface area contributed by atoms with Crippen LogP contribution in [0, 0.1) is 0 Å². The molecule has 2 aliphatic heterocycles. The largest absolute Gasteiger partial charge is 0.381 e. The minimum Gasteiger partial charge on any atom is -0.381 e. The number of thioether (sulfide) groups is 1. The van der Waals surface area contributed by atoms with Gasteiger partial charge in [0.05, 0.1) is 22.9 Å². The Bertz CT molecular complexity index is 695. The number of pyridine rings is 1. The van der Waals surface area contributed by atoms with Crippen LogP contribution in [0.2, 0.25) is 0 Å². The summed E-state index contributed by atoms with van der Waals surface area (Å²) in [6.45, 7) is 1.66. The van der Waals surface area contributed by atoms with Gasteiger partial charge in [0.2, 0.25) is 0 Å². The van der Waals surface area contributed by atoms with Gasteiger partial charge in [0.25, 0.3) is 0 Å². The lowest BCUT2D eigenvalue weighted by molar-refractivity contribution is 0.0624. The molecular weight excluding hydrogens is 282 g/mol. The summed E-state index contributed by atoms with van der Waals surface area (Å²) in [6, 6.07) is 10.3. The summed E-state index contributed by atoms with van der Waals surface area (Å²) < 4.78 is 5.45. The molecule has 1 aromatic carbocycles. The third-order valence-electron chi connectivity index (χ3n) is 4.08. The SMILES string of the molecule is c1ccc2ncc(NC3=NC4(CCOCC4)CS3)cc2c1. The second-order valence-corrected chi connectivity index (χ2v) is 6.55. The first kappa shape index (κ1) is 13.1. The maximum atomic E-state index is 5.45. The van der Waals surface area contributed by atoms with E-state index in [-0.39, 0.29) is 5.54 Å². The topological polar surface area (TPSA) is 46.5 Å². The van der Waals surface area contributed by atoms with Crippen LogP contribution in [-0.4, -0.2) is 34.7 Å². The maximum absolute atomic E-state index is 5.45. The second-order valence-electron chi connectivity index (χ2n) is 5.58. The Morgan fingerprint density at radius 3 is 2.95 bits per heavy atom. The normalized spacial score (nSPS) is 20.7. The van der Waals surface area contributed by atoms with Crippen LogP contribution >= 0.6 is 11.8 Å². The van der Waals surface area contributed by atoms with Crippen molar-refractivity contribution in [3.05, 3.63) is 36.5 Å². The molecule has 0 saturated carbocycles. The monoisotopic (exact) mass is 299 g/mol. The Labute approximate surface area is 128 Å². The number of nitrogens with zero attached hydrogens (tertiary/aromatic N) is 2. The van der Waals surface area contributed by atoms with Crippen molar-refractivity contribution in [2.24, 2.45) is 4.99 Å². The van der Waals surface area contributed by atoms with E-state index in [2.05, 4.69) is 22.4 Å². The Morgan fingerprint density at radius 1 is 1.19 bits per heavy atom. The zero-order valence-electron chi connectivity index (χ0n) is 11.7. The number of anilines is 1. The molecule has 4 rings (SSSR count). The first-order chi connectivity index (χ1) is 10.3. The molecule has 0 aliphatic carbocycles. The summed E-state index contributed by atoms with van der Waals surface area (Å²) >= 11 is 1.80. The molecule has 1 N–H and O–H groups in total. The van der Waals surface area contributed by atoms with Gasteiger partial charge in [0.15, 0.2) is 5.17 Å². The fourth-order valence-electron chi connectivity index (χ4n) is 2.82. The summed E-state index contributed by atoms with van der Waals surface area (Å²) in [5.74, 6) is 1.06. The van der Waals surface area contributed by atoms with Crippen molar-refractivity contribution in [2.45, 2.75) is 18.4 Å². The first-order valence-corrected chi connectivity index (χ1v) is 8.24. The Kier molecular flexibility index (Phi) is 3.31. The number of aliphatic imine (C=N–C) groups is 1. The fourth-order valence-corrected chi connectivity index (χ4v) is 4.02. The van der Waals surface area contributed by atoms with Gasteiger partial charge in [-0.2, -0.15) is 0 Å². The quantitative estimate of drug-likeness (QED) is 0.877. The summed E-state index contributed by atoms with van der Waals surface area (Å²) in [7, 11) is 0. The lowest BCUT2D eigenvalue weighted by atomic mass is 9.93. The van der Waals surface area contributed by atoms with Gasteiger partial charge in [-0.25, -0.2) is 0 Å². The molecule has 3 heterocycles. The van der Waals surface area contributed by atoms with E-state index >= 15 is 0 Å². The summed E-state index contributed by atoms with van der Waals surface area (Å²) in [5, 5.41) is 5.57. The van der Waals surface area contributed by atoms with Gasteiger partial charge < -0.3 is 10.1 Å². The van der Waals surface area contributed by atoms with Crippen molar-refractivity contribution in [1.82, 2.24) is 4.98 Å². The highest BCUT2D eigenvalue weighted by molar-refractivity contribution is 8.14. The van der Waals surface area contributed by atoms with Crippen molar-refractivity contribution in [1.29, 1.82) is 0 Å². The summed E-state index contributed by atoms with van der Waals surface area (Å²) in [5.41, 5.74) is 2.12. The van der Waals surface area contributed by atoms with Crippen molar-refractivity contribution < 1.29 is 4.74 Å². The van der Waals surface area contributed by atoms with E-state index in [0.29, 0.717) is 0 Å². The average molecular weight is 299 g/mol. The number of nitrogens with one attached hydrogen (secondary N) is 1. The molecule has 0 unspecified atom stereocenters. The molecule has 4 nitrogen and oxygen atoms in total. The smallest absolute Gasteiger partial charge is 0.161 e. The Morgan fingerprint density at radius 2 is 2.05 bits per heavy atom. The van der Waals surface area contributed by atoms with Crippen LogP contribution in [0.15, 0.2) is 41.5 Å². The standard InChI is InChI=1S/C16H17N3OS/c1-2-4-14-12(3-1)9-13(10-17-14)18-15-19-16(11-21-15)5-7-20-8-6-16/h1-4,9-10H,5-8,11H2,(H,18,19). The van der Waals surface area contributed by atoms with Gasteiger partial charge in [-0.05, 0) is 25.0 Å². The molecule has 0 atom stereocenters. The van der Waals surface area contributed by atoms with E-state index in [1.165, 1.54) is 0 Å². The molecule has 0 radical (unpaired) electrons. The van der Waals surface area contributed by atoms with Crippen molar-refractivity contribution in [3.8, 4) is 0 Å². The molecular formula is C16H17N3OS. The minimum absolute atomic E-state index is 0.0928. The molecule has 108 valence electrons. The maximum Gasteiger partial charge on any atom is 0.161 e. The number of aromatic nitrogens is 1. The molecule has 1 aromatic heterocycles. The van der Waals surface area contributed by atoms with Gasteiger partial charge in [0.1, 0.15) is 0 Å². The number of hydrogen-bond acceptors (Lipinski definition) is 5. The third kappa shape index (κ3) is 2.63. The van der Waals surface area contributed by atoms with E-state index in [1.54, 1.807) is 11.8 Å². The number of amidine groups is 1. The molecule has 0 amide bonds. The molecule has 21 heavy (non-hydrogen) atoms. The number of ether oxygens (including phenoxy) is 1. The van der Waals surface area contributed by atoms with Gasteiger partial charge in [-0.1, -0.05) is 30.0 Å². The highest BCUT2D eigenvalue weighted by Gasteiger charge is 2.37. The van der Waals surface area contributed by atoms with Gasteiger partial charge in [-0.15, -0.1) is 0 Å². The van der Waals surface area contributed by atoms with E-state index in [1.807, 2.05) is 24.4 Å². The van der Waals surface area contributed by atoms with E-state index < -0.39 is 0 Å². The highest BCUT2D eigenvalue weighted by atomic mass is 32.2.